The molecule has 1 fully saturated rings. The summed E-state index contributed by atoms with van der Waals surface area (Å²) < 4.78 is 7.96. The molecule has 1 saturated heterocycles. The Morgan fingerprint density at radius 3 is 3.27 bits per heavy atom. The van der Waals surface area contributed by atoms with E-state index < -0.39 is 0 Å². The molecule has 1 unspecified atom stereocenters. The smallest absolute Gasteiger partial charge is 0.284 e. The monoisotopic (exact) mass is 225 g/mol. The summed E-state index contributed by atoms with van der Waals surface area (Å²) in [6.07, 6.45) is 2.34. The number of rotatable bonds is 3. The van der Waals surface area contributed by atoms with Gasteiger partial charge in [-0.1, -0.05) is 11.5 Å². The van der Waals surface area contributed by atoms with Crippen LogP contribution in [0, 0.1) is 6.57 Å². The molecule has 1 aliphatic rings. The van der Waals surface area contributed by atoms with Gasteiger partial charge in [0.05, 0.1) is 12.7 Å². The lowest BCUT2D eigenvalue weighted by molar-refractivity contribution is 0.120. The SMILES string of the molecule is [C-]#[N+]c1c(NCC2CCCO2)s[nH]c1=O. The zero-order valence-electron chi connectivity index (χ0n) is 8.08. The Morgan fingerprint density at radius 1 is 1.73 bits per heavy atom. The fourth-order valence-electron chi connectivity index (χ4n) is 1.53. The number of ether oxygens (including phenoxy) is 1. The molecule has 0 aliphatic carbocycles. The summed E-state index contributed by atoms with van der Waals surface area (Å²) in [5.74, 6) is 0. The lowest BCUT2D eigenvalue weighted by Gasteiger charge is -2.09. The second kappa shape index (κ2) is 4.47. The van der Waals surface area contributed by atoms with E-state index in [1.807, 2.05) is 0 Å². The first-order chi connectivity index (χ1) is 7.31. The molecule has 2 rings (SSSR count). The van der Waals surface area contributed by atoms with Crippen LogP contribution in [0.3, 0.4) is 0 Å². The number of hydrogen-bond acceptors (Lipinski definition) is 4. The molecule has 6 heteroatoms. The fraction of sp³-hybridized carbons (Fsp3) is 0.556. The van der Waals surface area contributed by atoms with Gasteiger partial charge in [0.1, 0.15) is 5.00 Å². The molecule has 1 atom stereocenters. The summed E-state index contributed by atoms with van der Waals surface area (Å²) >= 11 is 1.17. The van der Waals surface area contributed by atoms with Gasteiger partial charge in [-0.25, -0.2) is 4.85 Å². The first kappa shape index (κ1) is 10.2. The molecule has 1 aromatic rings. The van der Waals surface area contributed by atoms with Crippen LogP contribution in [0.2, 0.25) is 0 Å². The first-order valence-corrected chi connectivity index (χ1v) is 5.57. The van der Waals surface area contributed by atoms with Crippen LogP contribution in [0.25, 0.3) is 4.85 Å². The number of aromatic amines is 1. The molecule has 0 saturated carbocycles. The molecule has 0 amide bonds. The van der Waals surface area contributed by atoms with Gasteiger partial charge >= 0.3 is 0 Å². The maximum absolute atomic E-state index is 11.1. The quantitative estimate of drug-likeness (QED) is 0.768. The summed E-state index contributed by atoms with van der Waals surface area (Å²) in [6, 6.07) is 0. The van der Waals surface area contributed by atoms with Crippen LogP contribution >= 0.6 is 11.5 Å². The second-order valence-electron chi connectivity index (χ2n) is 3.34. The number of H-pyrrole nitrogens is 1. The van der Waals surface area contributed by atoms with E-state index in [2.05, 4.69) is 14.5 Å². The fourth-order valence-corrected chi connectivity index (χ4v) is 2.21. The zero-order valence-corrected chi connectivity index (χ0v) is 8.89. The Morgan fingerprint density at radius 2 is 2.60 bits per heavy atom. The average Bonchev–Trinajstić information content (AvgIpc) is 2.84. The molecule has 2 heterocycles. The maximum atomic E-state index is 11.1. The van der Waals surface area contributed by atoms with E-state index in [9.17, 15) is 4.79 Å². The van der Waals surface area contributed by atoms with E-state index in [4.69, 9.17) is 11.3 Å². The predicted molar refractivity (Wildman–Crippen MR) is 58.7 cm³/mol. The molecule has 5 nitrogen and oxygen atoms in total. The van der Waals surface area contributed by atoms with Crippen LogP contribution in [-0.2, 0) is 4.74 Å². The van der Waals surface area contributed by atoms with Crippen molar-refractivity contribution < 1.29 is 4.74 Å². The highest BCUT2D eigenvalue weighted by Crippen LogP contribution is 2.25. The Labute approximate surface area is 91.0 Å². The van der Waals surface area contributed by atoms with Gasteiger partial charge in [-0.2, -0.15) is 0 Å². The molecule has 2 N–H and O–H groups in total. The summed E-state index contributed by atoms with van der Waals surface area (Å²) in [5, 5.41) is 3.69. The van der Waals surface area contributed by atoms with Crippen LogP contribution in [0.4, 0.5) is 10.7 Å². The van der Waals surface area contributed by atoms with E-state index in [1.54, 1.807) is 0 Å². The van der Waals surface area contributed by atoms with Gasteiger partial charge in [0, 0.05) is 13.2 Å². The minimum atomic E-state index is -0.315. The van der Waals surface area contributed by atoms with Gasteiger partial charge in [0.15, 0.2) is 0 Å². The van der Waals surface area contributed by atoms with Crippen LogP contribution < -0.4 is 10.9 Å². The Balaban J connectivity index is 1.98. The zero-order chi connectivity index (χ0) is 10.7. The van der Waals surface area contributed by atoms with Crippen molar-refractivity contribution >= 4 is 22.2 Å². The number of nitrogens with one attached hydrogen (secondary N) is 2. The van der Waals surface area contributed by atoms with Crippen LogP contribution in [-0.4, -0.2) is 23.6 Å². The summed E-state index contributed by atoms with van der Waals surface area (Å²) in [7, 11) is 0. The topological polar surface area (TPSA) is 58.5 Å². The first-order valence-electron chi connectivity index (χ1n) is 4.75. The summed E-state index contributed by atoms with van der Waals surface area (Å²) in [4.78, 5) is 14.3. The van der Waals surface area contributed by atoms with Crippen molar-refractivity contribution in [3.63, 3.8) is 0 Å². The van der Waals surface area contributed by atoms with E-state index in [1.165, 1.54) is 11.5 Å². The van der Waals surface area contributed by atoms with E-state index in [0.717, 1.165) is 19.4 Å². The van der Waals surface area contributed by atoms with Gasteiger partial charge in [-0.05, 0) is 12.8 Å². The number of hydrogen-bond donors (Lipinski definition) is 2. The van der Waals surface area contributed by atoms with Crippen molar-refractivity contribution in [2.24, 2.45) is 0 Å². The number of anilines is 1. The molecule has 0 spiro atoms. The van der Waals surface area contributed by atoms with Crippen molar-refractivity contribution in [1.29, 1.82) is 0 Å². The lowest BCUT2D eigenvalue weighted by Crippen LogP contribution is -2.17. The van der Waals surface area contributed by atoms with Crippen LogP contribution in [0.1, 0.15) is 12.8 Å². The number of aromatic nitrogens is 1. The molecular formula is C9H11N3O2S. The lowest BCUT2D eigenvalue weighted by atomic mass is 10.2. The highest BCUT2D eigenvalue weighted by Gasteiger charge is 2.17. The van der Waals surface area contributed by atoms with E-state index >= 15 is 0 Å². The van der Waals surface area contributed by atoms with Crippen LogP contribution in [0.5, 0.6) is 0 Å². The second-order valence-corrected chi connectivity index (χ2v) is 4.16. The third-order valence-electron chi connectivity index (χ3n) is 2.30. The molecule has 0 radical (unpaired) electrons. The third-order valence-corrected chi connectivity index (χ3v) is 3.13. The molecule has 15 heavy (non-hydrogen) atoms. The van der Waals surface area contributed by atoms with Crippen molar-refractivity contribution in [3.05, 3.63) is 21.8 Å². The van der Waals surface area contributed by atoms with Crippen molar-refractivity contribution in [2.45, 2.75) is 18.9 Å². The van der Waals surface area contributed by atoms with Crippen molar-refractivity contribution in [3.8, 4) is 0 Å². The largest absolute Gasteiger partial charge is 0.382 e. The molecule has 1 aliphatic heterocycles. The third kappa shape index (κ3) is 2.19. The van der Waals surface area contributed by atoms with Gasteiger partial charge in [-0.15, -0.1) is 0 Å². The normalized spacial score (nSPS) is 20.1. The predicted octanol–water partition coefficient (Wildman–Crippen LogP) is 1.58. The summed E-state index contributed by atoms with van der Waals surface area (Å²) in [5.41, 5.74) is -0.164. The molecule has 1 aromatic heterocycles. The minimum absolute atomic E-state index is 0.151. The van der Waals surface area contributed by atoms with E-state index in [-0.39, 0.29) is 17.4 Å². The molecular weight excluding hydrogens is 214 g/mol. The van der Waals surface area contributed by atoms with Crippen LogP contribution in [0.15, 0.2) is 4.79 Å². The van der Waals surface area contributed by atoms with Gasteiger partial charge in [0.2, 0.25) is 0 Å². The standard InChI is InChI=1S/C9H11N3O2S/c1-10-7-8(13)12-15-9(7)11-5-6-3-2-4-14-6/h6,11H,2-5H2,(H,12,13). The summed E-state index contributed by atoms with van der Waals surface area (Å²) in [6.45, 7) is 8.34. The molecule has 80 valence electrons. The number of nitrogens with zero attached hydrogens (tertiary/aromatic N) is 1. The molecule has 0 aromatic carbocycles. The van der Waals surface area contributed by atoms with Gasteiger partial charge in [0.25, 0.3) is 11.2 Å². The van der Waals surface area contributed by atoms with Crippen molar-refractivity contribution in [2.75, 3.05) is 18.5 Å². The molecule has 0 bridgehead atoms. The van der Waals surface area contributed by atoms with Gasteiger partial charge in [-0.3, -0.25) is 9.17 Å². The van der Waals surface area contributed by atoms with Gasteiger partial charge < -0.3 is 10.1 Å². The Kier molecular flexibility index (Phi) is 3.04. The van der Waals surface area contributed by atoms with E-state index in [0.29, 0.717) is 11.5 Å². The minimum Gasteiger partial charge on any atom is -0.382 e. The van der Waals surface area contributed by atoms with Crippen molar-refractivity contribution in [1.82, 2.24) is 4.37 Å². The highest BCUT2D eigenvalue weighted by molar-refractivity contribution is 7.10. The highest BCUT2D eigenvalue weighted by atomic mass is 32.1. The average molecular weight is 225 g/mol. The Bertz CT molecular complexity index is 425. The Hall–Kier alpha value is -1.32. The maximum Gasteiger partial charge on any atom is 0.284 e.